The smallest absolute Gasteiger partial charge is 0.0159 e. The van der Waals surface area contributed by atoms with Crippen LogP contribution in [0.5, 0.6) is 0 Å². The maximum Gasteiger partial charge on any atom is 0.0159 e. The summed E-state index contributed by atoms with van der Waals surface area (Å²) in [6.07, 6.45) is 0. The summed E-state index contributed by atoms with van der Waals surface area (Å²) in [4.78, 5) is 0. The van der Waals surface area contributed by atoms with E-state index in [1.165, 1.54) is 116 Å². The molecule has 0 heterocycles. The summed E-state index contributed by atoms with van der Waals surface area (Å²) >= 11 is 0. The van der Waals surface area contributed by atoms with Crippen LogP contribution < -0.4 is 0 Å². The van der Waals surface area contributed by atoms with Gasteiger partial charge >= 0.3 is 0 Å². The zero-order valence-electron chi connectivity index (χ0n) is 34.8. The van der Waals surface area contributed by atoms with Gasteiger partial charge in [-0.25, -0.2) is 0 Å². The van der Waals surface area contributed by atoms with E-state index in [0.29, 0.717) is 5.92 Å². The van der Waals surface area contributed by atoms with Gasteiger partial charge in [0.2, 0.25) is 0 Å². The molecule has 2 aliphatic rings. The highest BCUT2D eigenvalue weighted by Gasteiger charge is 2.38. The number of rotatable bonds is 5. The lowest BCUT2D eigenvalue weighted by Gasteiger charge is -2.24. The van der Waals surface area contributed by atoms with E-state index in [4.69, 9.17) is 0 Å². The van der Waals surface area contributed by atoms with Crippen LogP contribution in [0.3, 0.4) is 0 Å². The first-order chi connectivity index (χ1) is 28.6. The summed E-state index contributed by atoms with van der Waals surface area (Å²) in [7, 11) is 0. The molecule has 9 aromatic carbocycles. The van der Waals surface area contributed by atoms with E-state index in [9.17, 15) is 0 Å². The Balaban J connectivity index is 0.994. The zero-order chi connectivity index (χ0) is 40.2. The van der Waals surface area contributed by atoms with Crippen molar-refractivity contribution in [3.63, 3.8) is 0 Å². The van der Waals surface area contributed by atoms with Gasteiger partial charge in [-0.05, 0) is 140 Å². The van der Waals surface area contributed by atoms with Crippen LogP contribution in [0.1, 0.15) is 75.3 Å². The molecule has 0 unspecified atom stereocenters. The molecule has 284 valence electrons. The molecule has 59 heavy (non-hydrogen) atoms. The minimum atomic E-state index is -0.161. The van der Waals surface area contributed by atoms with Crippen molar-refractivity contribution in [1.82, 2.24) is 0 Å². The van der Waals surface area contributed by atoms with E-state index in [-0.39, 0.29) is 10.8 Å². The van der Waals surface area contributed by atoms with Crippen molar-refractivity contribution in [2.24, 2.45) is 0 Å². The Morgan fingerprint density at radius 2 is 0.644 bits per heavy atom. The molecule has 0 nitrogen and oxygen atoms in total. The van der Waals surface area contributed by atoms with E-state index in [0.717, 1.165) is 0 Å². The molecule has 2 aliphatic carbocycles. The van der Waals surface area contributed by atoms with Crippen molar-refractivity contribution in [3.05, 3.63) is 204 Å². The van der Waals surface area contributed by atoms with Crippen LogP contribution in [0, 0.1) is 0 Å². The lowest BCUT2D eigenvalue weighted by Crippen LogP contribution is -2.15. The molecule has 0 aromatic heterocycles. The molecule has 0 radical (unpaired) electrons. The van der Waals surface area contributed by atoms with E-state index >= 15 is 0 Å². The van der Waals surface area contributed by atoms with Gasteiger partial charge in [-0.1, -0.05) is 199 Å². The highest BCUT2D eigenvalue weighted by molar-refractivity contribution is 6.21. The topological polar surface area (TPSA) is 0 Å². The van der Waals surface area contributed by atoms with Crippen LogP contribution in [0.4, 0.5) is 0 Å². The monoisotopic (exact) mass is 756 g/mol. The Bertz CT molecular complexity index is 3090. The molecule has 0 spiro atoms. The van der Waals surface area contributed by atoms with Gasteiger partial charge in [0.05, 0.1) is 0 Å². The molecule has 0 saturated carbocycles. The first kappa shape index (κ1) is 35.6. The lowest BCUT2D eigenvalue weighted by molar-refractivity contribution is 0.659. The van der Waals surface area contributed by atoms with Crippen LogP contribution in [0.15, 0.2) is 176 Å². The van der Waals surface area contributed by atoms with Crippen molar-refractivity contribution in [1.29, 1.82) is 0 Å². The summed E-state index contributed by atoms with van der Waals surface area (Å²) in [5, 5.41) is 5.13. The molecule has 0 bridgehead atoms. The highest BCUT2D eigenvalue weighted by Crippen LogP contribution is 2.53. The second-order valence-electron chi connectivity index (χ2n) is 18.3. The minimum Gasteiger partial charge on any atom is -0.0619 e. The van der Waals surface area contributed by atoms with Crippen LogP contribution in [-0.4, -0.2) is 0 Å². The van der Waals surface area contributed by atoms with Gasteiger partial charge in [-0.2, -0.15) is 0 Å². The number of hydrogen-bond donors (Lipinski definition) is 0. The molecule has 11 rings (SSSR count). The van der Waals surface area contributed by atoms with Crippen LogP contribution >= 0.6 is 0 Å². The summed E-state index contributed by atoms with van der Waals surface area (Å²) in [5.41, 5.74) is 22.4. The number of benzene rings is 9. The van der Waals surface area contributed by atoms with Gasteiger partial charge in [-0.15, -0.1) is 0 Å². The first-order valence-corrected chi connectivity index (χ1v) is 21.3. The van der Waals surface area contributed by atoms with Crippen molar-refractivity contribution in [3.8, 4) is 66.8 Å². The molecule has 0 fully saturated rings. The van der Waals surface area contributed by atoms with Crippen LogP contribution in [-0.2, 0) is 10.8 Å². The van der Waals surface area contributed by atoms with Gasteiger partial charge in [0, 0.05) is 10.8 Å². The number of hydrogen-bond acceptors (Lipinski definition) is 0. The normalized spacial score (nSPS) is 14.4. The molecule has 0 atom stereocenters. The van der Waals surface area contributed by atoms with Crippen LogP contribution in [0.2, 0.25) is 0 Å². The third kappa shape index (κ3) is 5.36. The van der Waals surface area contributed by atoms with E-state index in [1.807, 2.05) is 0 Å². The Morgan fingerprint density at radius 1 is 0.305 bits per heavy atom. The van der Waals surface area contributed by atoms with Crippen molar-refractivity contribution >= 4 is 21.5 Å². The molecule has 0 aliphatic heterocycles. The SMILES string of the molecule is CC(C)c1ccc(-c2ccc(-c3c4ccccc4c(-c4ccc5c(c4)C(C)(C)c4cc(-c6ccc7c(c6)C(C)(C)c6ccccc6-7)ccc4-5)c4ccccc34)cc2)cc1. The standard InChI is InChI=1S/C59H48/c1-36(2)37-19-21-38(22-20-37)39-23-25-40(26-24-39)56-48-14-7-9-16-50(48)57(51-17-10-8-15-49(51)56)43-29-32-47-46-31-28-42(34-54(46)59(5,6)55(47)35-43)41-27-30-45-44-13-11-12-18-52(44)58(3,4)53(45)33-41/h7-36H,1-6H3. The quantitative estimate of drug-likeness (QED) is 0.153. The largest absolute Gasteiger partial charge is 0.0619 e. The van der Waals surface area contributed by atoms with Gasteiger partial charge in [0.25, 0.3) is 0 Å². The average Bonchev–Trinajstić information content (AvgIpc) is 3.64. The van der Waals surface area contributed by atoms with Gasteiger partial charge < -0.3 is 0 Å². The Hall–Kier alpha value is -6.50. The van der Waals surface area contributed by atoms with Gasteiger partial charge in [-0.3, -0.25) is 0 Å². The third-order valence-electron chi connectivity index (χ3n) is 13.9. The molecule has 0 N–H and O–H groups in total. The fourth-order valence-electron chi connectivity index (χ4n) is 10.6. The van der Waals surface area contributed by atoms with Crippen molar-refractivity contribution in [2.75, 3.05) is 0 Å². The highest BCUT2D eigenvalue weighted by atomic mass is 14.4. The Kier molecular flexibility index (Phi) is 7.86. The minimum absolute atomic E-state index is 0.0256. The van der Waals surface area contributed by atoms with Gasteiger partial charge in [0.1, 0.15) is 0 Å². The van der Waals surface area contributed by atoms with Crippen molar-refractivity contribution in [2.45, 2.75) is 58.3 Å². The first-order valence-electron chi connectivity index (χ1n) is 21.3. The molecule has 0 amide bonds. The van der Waals surface area contributed by atoms with E-state index in [2.05, 4.69) is 217 Å². The molecule has 0 saturated heterocycles. The molecular weight excluding hydrogens is 709 g/mol. The summed E-state index contributed by atoms with van der Waals surface area (Å²) in [6, 6.07) is 66.7. The maximum absolute atomic E-state index is 2.50. The summed E-state index contributed by atoms with van der Waals surface area (Å²) in [6.45, 7) is 14.1. The fraction of sp³-hybridized carbons (Fsp3) is 0.153. The zero-order valence-corrected chi connectivity index (χ0v) is 34.8. The van der Waals surface area contributed by atoms with E-state index in [1.54, 1.807) is 0 Å². The van der Waals surface area contributed by atoms with Crippen molar-refractivity contribution < 1.29 is 0 Å². The van der Waals surface area contributed by atoms with Crippen LogP contribution in [0.25, 0.3) is 88.3 Å². The van der Waals surface area contributed by atoms with Gasteiger partial charge in [0.15, 0.2) is 0 Å². The molecule has 9 aromatic rings. The number of fused-ring (bicyclic) bond motifs is 8. The Labute approximate surface area is 348 Å². The predicted molar refractivity (Wildman–Crippen MR) is 252 cm³/mol. The summed E-state index contributed by atoms with van der Waals surface area (Å²) < 4.78 is 0. The summed E-state index contributed by atoms with van der Waals surface area (Å²) in [5.74, 6) is 0.526. The fourth-order valence-corrected chi connectivity index (χ4v) is 10.6. The Morgan fingerprint density at radius 3 is 1.14 bits per heavy atom. The van der Waals surface area contributed by atoms with E-state index < -0.39 is 0 Å². The second kappa shape index (κ2) is 13.0. The second-order valence-corrected chi connectivity index (χ2v) is 18.3. The molecule has 0 heteroatoms. The maximum atomic E-state index is 2.50. The average molecular weight is 757 g/mol. The third-order valence-corrected chi connectivity index (χ3v) is 13.9. The predicted octanol–water partition coefficient (Wildman–Crippen LogP) is 16.4. The molecular formula is C59H48. The lowest BCUT2D eigenvalue weighted by atomic mass is 9.79.